The summed E-state index contributed by atoms with van der Waals surface area (Å²) in [4.78, 5) is 20.6. The third kappa shape index (κ3) is 3.42. The Labute approximate surface area is 157 Å². The molecule has 0 saturated heterocycles. The Morgan fingerprint density at radius 2 is 2.12 bits per heavy atom. The standard InChI is InChI=1S/C17H12N4O3S2/c18-8-11-5-10-6-13-14(24-3-2-23-13)7-12(10)20-16(11)26-9-15(22)21-17-19-1-4-25-17/h1,4-7H,2-3,9H2,(H,19,21,22). The number of nitrogens with zero attached hydrogens (tertiary/aromatic N) is 3. The van der Waals surface area contributed by atoms with Crippen molar-refractivity contribution >= 4 is 45.0 Å². The van der Waals surface area contributed by atoms with Gasteiger partial charge in [-0.1, -0.05) is 11.8 Å². The molecule has 0 spiro atoms. The summed E-state index contributed by atoms with van der Waals surface area (Å²) < 4.78 is 11.1. The van der Waals surface area contributed by atoms with Crippen LogP contribution in [0.5, 0.6) is 11.5 Å². The molecule has 4 rings (SSSR count). The molecule has 2 aromatic heterocycles. The number of nitrogens with one attached hydrogen (secondary N) is 1. The van der Waals surface area contributed by atoms with Gasteiger partial charge in [0.1, 0.15) is 24.3 Å². The maximum atomic E-state index is 12.0. The molecule has 0 atom stereocenters. The summed E-state index contributed by atoms with van der Waals surface area (Å²) in [6, 6.07) is 7.51. The molecule has 9 heteroatoms. The number of pyridine rings is 1. The lowest BCUT2D eigenvalue weighted by molar-refractivity contribution is -0.113. The van der Waals surface area contributed by atoms with Crippen molar-refractivity contribution in [3.63, 3.8) is 0 Å². The van der Waals surface area contributed by atoms with Crippen LogP contribution in [0, 0.1) is 11.3 Å². The Morgan fingerprint density at radius 3 is 2.85 bits per heavy atom. The topological polar surface area (TPSA) is 97.1 Å². The van der Waals surface area contributed by atoms with E-state index in [1.165, 1.54) is 23.1 Å². The van der Waals surface area contributed by atoms with E-state index in [-0.39, 0.29) is 11.7 Å². The minimum absolute atomic E-state index is 0.136. The molecule has 1 aromatic carbocycles. The number of hydrogen-bond acceptors (Lipinski definition) is 8. The number of rotatable bonds is 4. The Kier molecular flexibility index (Phi) is 4.60. The third-order valence-corrected chi connectivity index (χ3v) is 5.26. The first-order valence-corrected chi connectivity index (χ1v) is 9.56. The molecule has 1 amide bonds. The van der Waals surface area contributed by atoms with E-state index >= 15 is 0 Å². The van der Waals surface area contributed by atoms with Gasteiger partial charge in [0.05, 0.1) is 16.8 Å². The average molecular weight is 384 g/mol. The van der Waals surface area contributed by atoms with Crippen molar-refractivity contribution in [2.45, 2.75) is 5.03 Å². The number of benzene rings is 1. The normalized spacial score (nSPS) is 12.6. The van der Waals surface area contributed by atoms with Gasteiger partial charge < -0.3 is 14.8 Å². The Bertz CT molecular complexity index is 1020. The number of amides is 1. The number of thioether (sulfide) groups is 1. The van der Waals surface area contributed by atoms with Crippen molar-refractivity contribution in [2.24, 2.45) is 0 Å². The molecule has 0 radical (unpaired) electrons. The van der Waals surface area contributed by atoms with Crippen LogP contribution >= 0.6 is 23.1 Å². The Hall–Kier alpha value is -2.83. The number of carbonyl (C=O) groups is 1. The fraction of sp³-hybridized carbons (Fsp3) is 0.176. The van der Waals surface area contributed by atoms with Gasteiger partial charge in [-0.15, -0.1) is 11.3 Å². The van der Waals surface area contributed by atoms with E-state index in [4.69, 9.17) is 9.47 Å². The van der Waals surface area contributed by atoms with Crippen molar-refractivity contribution in [3.05, 3.63) is 35.3 Å². The molecular weight excluding hydrogens is 372 g/mol. The highest BCUT2D eigenvalue weighted by Gasteiger charge is 2.16. The number of aromatic nitrogens is 2. The van der Waals surface area contributed by atoms with Crippen molar-refractivity contribution in [3.8, 4) is 17.6 Å². The van der Waals surface area contributed by atoms with Crippen molar-refractivity contribution < 1.29 is 14.3 Å². The van der Waals surface area contributed by atoms with E-state index < -0.39 is 0 Å². The van der Waals surface area contributed by atoms with Crippen LogP contribution in [0.2, 0.25) is 0 Å². The smallest absolute Gasteiger partial charge is 0.236 e. The lowest BCUT2D eigenvalue weighted by atomic mass is 10.1. The second-order valence-electron chi connectivity index (χ2n) is 5.32. The first kappa shape index (κ1) is 16.6. The number of thiazole rings is 1. The van der Waals surface area contributed by atoms with E-state index in [0.717, 1.165) is 5.39 Å². The molecule has 0 saturated carbocycles. The maximum Gasteiger partial charge on any atom is 0.236 e. The van der Waals surface area contributed by atoms with Crippen LogP contribution < -0.4 is 14.8 Å². The quantitative estimate of drug-likeness (QED) is 0.690. The molecular formula is C17H12N4O3S2. The predicted octanol–water partition coefficient (Wildman–Crippen LogP) is 3.06. The van der Waals surface area contributed by atoms with Crippen LogP contribution in [0.4, 0.5) is 5.13 Å². The molecule has 3 aromatic rings. The zero-order valence-corrected chi connectivity index (χ0v) is 15.0. The van der Waals surface area contributed by atoms with Crippen molar-refractivity contribution in [1.29, 1.82) is 5.26 Å². The summed E-state index contributed by atoms with van der Waals surface area (Å²) in [5, 5.41) is 15.8. The number of fused-ring (bicyclic) bond motifs is 2. The number of ether oxygens (including phenoxy) is 2. The number of anilines is 1. The Morgan fingerprint density at radius 1 is 1.31 bits per heavy atom. The second kappa shape index (κ2) is 7.19. The van der Waals surface area contributed by atoms with Crippen LogP contribution in [0.15, 0.2) is 34.8 Å². The lowest BCUT2D eigenvalue weighted by Gasteiger charge is -2.18. The lowest BCUT2D eigenvalue weighted by Crippen LogP contribution is -2.15. The summed E-state index contributed by atoms with van der Waals surface area (Å²) in [5.41, 5.74) is 1.11. The van der Waals surface area contributed by atoms with Crippen LogP contribution in [-0.2, 0) is 4.79 Å². The molecule has 7 nitrogen and oxygen atoms in total. The molecule has 3 heterocycles. The molecule has 1 N–H and O–H groups in total. The predicted molar refractivity (Wildman–Crippen MR) is 98.9 cm³/mol. The minimum Gasteiger partial charge on any atom is -0.486 e. The van der Waals surface area contributed by atoms with E-state index in [0.29, 0.717) is 46.0 Å². The first-order valence-electron chi connectivity index (χ1n) is 7.69. The molecule has 0 bridgehead atoms. The van der Waals surface area contributed by atoms with Crippen LogP contribution in [0.3, 0.4) is 0 Å². The van der Waals surface area contributed by atoms with Crippen LogP contribution in [0.25, 0.3) is 10.9 Å². The van der Waals surface area contributed by atoms with Gasteiger partial charge in [-0.2, -0.15) is 5.26 Å². The van der Waals surface area contributed by atoms with Crippen molar-refractivity contribution in [1.82, 2.24) is 9.97 Å². The van der Waals surface area contributed by atoms with Crippen LogP contribution in [0.1, 0.15) is 5.56 Å². The van der Waals surface area contributed by atoms with E-state index in [2.05, 4.69) is 21.4 Å². The summed E-state index contributed by atoms with van der Waals surface area (Å²) in [6.45, 7) is 0.993. The van der Waals surface area contributed by atoms with Gasteiger partial charge in [0, 0.05) is 23.0 Å². The third-order valence-electron chi connectivity index (χ3n) is 3.58. The first-order chi connectivity index (χ1) is 12.7. The zero-order chi connectivity index (χ0) is 17.9. The summed E-state index contributed by atoms with van der Waals surface area (Å²) in [5.74, 6) is 1.23. The molecule has 1 aliphatic rings. The van der Waals surface area contributed by atoms with E-state index in [1.54, 1.807) is 23.7 Å². The summed E-state index contributed by atoms with van der Waals surface area (Å²) in [6.07, 6.45) is 1.62. The highest BCUT2D eigenvalue weighted by Crippen LogP contribution is 2.35. The average Bonchev–Trinajstić information content (AvgIpc) is 3.16. The SMILES string of the molecule is N#Cc1cc2cc3c(cc2nc1SCC(=O)Nc1nccs1)OCCO3. The van der Waals surface area contributed by atoms with Crippen LogP contribution in [-0.4, -0.2) is 34.8 Å². The molecule has 26 heavy (non-hydrogen) atoms. The zero-order valence-electron chi connectivity index (χ0n) is 13.4. The van der Waals surface area contributed by atoms with Gasteiger partial charge >= 0.3 is 0 Å². The summed E-state index contributed by atoms with van der Waals surface area (Å²) >= 11 is 2.56. The molecule has 0 unspecified atom stereocenters. The second-order valence-corrected chi connectivity index (χ2v) is 7.17. The van der Waals surface area contributed by atoms with Gasteiger partial charge in [-0.25, -0.2) is 9.97 Å². The fourth-order valence-corrected chi connectivity index (χ4v) is 3.77. The molecule has 1 aliphatic heterocycles. The highest BCUT2D eigenvalue weighted by atomic mass is 32.2. The van der Waals surface area contributed by atoms with E-state index in [9.17, 15) is 10.1 Å². The number of hydrogen-bond donors (Lipinski definition) is 1. The number of carbonyl (C=O) groups excluding carboxylic acids is 1. The van der Waals surface area contributed by atoms with Gasteiger partial charge in [-0.3, -0.25) is 4.79 Å². The highest BCUT2D eigenvalue weighted by molar-refractivity contribution is 8.00. The maximum absolute atomic E-state index is 12.0. The van der Waals surface area contributed by atoms with Gasteiger partial charge in [0.25, 0.3) is 0 Å². The Balaban J connectivity index is 1.57. The summed E-state index contributed by atoms with van der Waals surface area (Å²) in [7, 11) is 0. The van der Waals surface area contributed by atoms with Gasteiger partial charge in [-0.05, 0) is 12.1 Å². The fourth-order valence-electron chi connectivity index (χ4n) is 2.46. The monoisotopic (exact) mass is 384 g/mol. The minimum atomic E-state index is -0.196. The molecule has 130 valence electrons. The van der Waals surface area contributed by atoms with Crippen molar-refractivity contribution in [2.75, 3.05) is 24.3 Å². The van der Waals surface area contributed by atoms with Gasteiger partial charge in [0.15, 0.2) is 16.6 Å². The molecule has 0 fully saturated rings. The molecule has 0 aliphatic carbocycles. The number of nitriles is 1. The largest absolute Gasteiger partial charge is 0.486 e. The van der Waals surface area contributed by atoms with E-state index in [1.807, 2.05) is 6.07 Å². The van der Waals surface area contributed by atoms with Gasteiger partial charge in [0.2, 0.25) is 5.91 Å².